The fourth-order valence-electron chi connectivity index (χ4n) is 1.62. The van der Waals surface area contributed by atoms with Crippen molar-refractivity contribution in [2.75, 3.05) is 0 Å². The first-order valence-electron chi connectivity index (χ1n) is 5.10. The molecule has 1 aromatic carbocycles. The lowest BCUT2D eigenvalue weighted by molar-refractivity contribution is 0.112. The molecule has 0 aliphatic rings. The molecule has 0 fully saturated rings. The van der Waals surface area contributed by atoms with E-state index in [0.717, 1.165) is 12.0 Å². The van der Waals surface area contributed by atoms with Crippen molar-refractivity contribution in [3.8, 4) is 11.4 Å². The topological polar surface area (TPSA) is 59.3 Å². The summed E-state index contributed by atoms with van der Waals surface area (Å²) >= 11 is 0. The van der Waals surface area contributed by atoms with E-state index in [0.29, 0.717) is 11.3 Å². The highest BCUT2D eigenvalue weighted by Gasteiger charge is 2.06. The zero-order valence-corrected chi connectivity index (χ0v) is 9.25. The standard InChI is InChI=1S/C13H11NO3/c1-9-13(17)12(16)6-7-14(9)11-4-2-10(8-15)3-5-11/h2-8,17H,1H3. The summed E-state index contributed by atoms with van der Waals surface area (Å²) in [6.45, 7) is 1.66. The van der Waals surface area contributed by atoms with Crippen molar-refractivity contribution in [1.29, 1.82) is 0 Å². The number of aldehydes is 1. The van der Waals surface area contributed by atoms with Gasteiger partial charge in [-0.1, -0.05) is 0 Å². The normalized spacial score (nSPS) is 10.2. The Labute approximate surface area is 97.8 Å². The molecule has 0 radical (unpaired) electrons. The average molecular weight is 229 g/mol. The highest BCUT2D eigenvalue weighted by molar-refractivity contribution is 5.75. The van der Waals surface area contributed by atoms with Gasteiger partial charge in [0.25, 0.3) is 0 Å². The summed E-state index contributed by atoms with van der Waals surface area (Å²) in [5.41, 5.74) is 1.43. The van der Waals surface area contributed by atoms with E-state index in [9.17, 15) is 14.7 Å². The van der Waals surface area contributed by atoms with Gasteiger partial charge in [-0.05, 0) is 31.2 Å². The van der Waals surface area contributed by atoms with Crippen LogP contribution in [0.5, 0.6) is 5.75 Å². The van der Waals surface area contributed by atoms with Gasteiger partial charge in [0.05, 0.1) is 5.69 Å². The molecule has 1 aromatic heterocycles. The van der Waals surface area contributed by atoms with Crippen LogP contribution in [0.4, 0.5) is 0 Å². The third-order valence-electron chi connectivity index (χ3n) is 2.62. The molecular formula is C13H11NO3. The van der Waals surface area contributed by atoms with E-state index < -0.39 is 5.43 Å². The summed E-state index contributed by atoms with van der Waals surface area (Å²) in [7, 11) is 0. The second kappa shape index (κ2) is 4.25. The van der Waals surface area contributed by atoms with Crippen molar-refractivity contribution >= 4 is 6.29 Å². The van der Waals surface area contributed by atoms with E-state index in [-0.39, 0.29) is 5.75 Å². The molecule has 0 saturated heterocycles. The van der Waals surface area contributed by atoms with Crippen LogP contribution in [-0.2, 0) is 0 Å². The second-order valence-electron chi connectivity index (χ2n) is 3.69. The van der Waals surface area contributed by atoms with Gasteiger partial charge in [0.1, 0.15) is 6.29 Å². The Morgan fingerprint density at radius 2 is 1.82 bits per heavy atom. The molecule has 0 unspecified atom stereocenters. The van der Waals surface area contributed by atoms with E-state index in [1.54, 1.807) is 42.0 Å². The largest absolute Gasteiger partial charge is 0.503 e. The molecule has 0 aliphatic carbocycles. The first-order valence-corrected chi connectivity index (χ1v) is 5.10. The molecular weight excluding hydrogens is 218 g/mol. The predicted molar refractivity (Wildman–Crippen MR) is 63.8 cm³/mol. The minimum Gasteiger partial charge on any atom is -0.503 e. The lowest BCUT2D eigenvalue weighted by atomic mass is 10.2. The Morgan fingerprint density at radius 3 is 2.41 bits per heavy atom. The van der Waals surface area contributed by atoms with Crippen LogP contribution in [0.3, 0.4) is 0 Å². The third-order valence-corrected chi connectivity index (χ3v) is 2.62. The van der Waals surface area contributed by atoms with E-state index in [1.807, 2.05) is 0 Å². The maximum absolute atomic E-state index is 11.2. The first-order chi connectivity index (χ1) is 8.13. The van der Waals surface area contributed by atoms with Gasteiger partial charge in [-0.15, -0.1) is 0 Å². The molecule has 4 nitrogen and oxygen atoms in total. The summed E-state index contributed by atoms with van der Waals surface area (Å²) < 4.78 is 1.69. The van der Waals surface area contributed by atoms with E-state index in [1.165, 1.54) is 6.07 Å². The number of aromatic hydroxyl groups is 1. The molecule has 0 aliphatic heterocycles. The van der Waals surface area contributed by atoms with Crippen molar-refractivity contribution < 1.29 is 9.90 Å². The Balaban J connectivity index is 2.56. The summed E-state index contributed by atoms with van der Waals surface area (Å²) in [5, 5.41) is 9.56. The maximum Gasteiger partial charge on any atom is 0.223 e. The van der Waals surface area contributed by atoms with Gasteiger partial charge in [0, 0.05) is 23.5 Å². The Hall–Kier alpha value is -2.36. The molecule has 2 aromatic rings. The van der Waals surface area contributed by atoms with Crippen LogP contribution in [0.25, 0.3) is 5.69 Å². The highest BCUT2D eigenvalue weighted by atomic mass is 16.3. The minimum atomic E-state index is -0.400. The molecule has 86 valence electrons. The quantitative estimate of drug-likeness (QED) is 0.797. The van der Waals surface area contributed by atoms with Gasteiger partial charge in [-0.25, -0.2) is 0 Å². The van der Waals surface area contributed by atoms with Crippen molar-refractivity contribution in [2.45, 2.75) is 6.92 Å². The number of hydrogen-bond donors (Lipinski definition) is 1. The van der Waals surface area contributed by atoms with E-state index in [2.05, 4.69) is 0 Å². The number of rotatable bonds is 2. The van der Waals surface area contributed by atoms with Crippen LogP contribution in [0.1, 0.15) is 16.1 Å². The van der Waals surface area contributed by atoms with Crippen molar-refractivity contribution in [3.05, 3.63) is 58.0 Å². The Kier molecular flexibility index (Phi) is 2.78. The van der Waals surface area contributed by atoms with Crippen LogP contribution in [0.15, 0.2) is 41.3 Å². The molecule has 0 bridgehead atoms. The highest BCUT2D eigenvalue weighted by Crippen LogP contribution is 2.16. The van der Waals surface area contributed by atoms with Gasteiger partial charge in [0.2, 0.25) is 5.43 Å². The van der Waals surface area contributed by atoms with Gasteiger partial charge in [-0.3, -0.25) is 9.59 Å². The van der Waals surface area contributed by atoms with Crippen LogP contribution in [0, 0.1) is 6.92 Å². The zero-order chi connectivity index (χ0) is 12.4. The number of aromatic nitrogens is 1. The zero-order valence-electron chi connectivity index (χ0n) is 9.25. The molecule has 1 heterocycles. The Morgan fingerprint density at radius 1 is 1.18 bits per heavy atom. The molecule has 0 saturated carbocycles. The average Bonchev–Trinajstić information content (AvgIpc) is 2.36. The van der Waals surface area contributed by atoms with Gasteiger partial charge in [-0.2, -0.15) is 0 Å². The molecule has 4 heteroatoms. The molecule has 0 spiro atoms. The van der Waals surface area contributed by atoms with Crippen LogP contribution < -0.4 is 5.43 Å². The lowest BCUT2D eigenvalue weighted by Gasteiger charge is -2.11. The summed E-state index contributed by atoms with van der Waals surface area (Å²) in [5.74, 6) is -0.257. The maximum atomic E-state index is 11.2. The number of benzene rings is 1. The molecule has 0 atom stereocenters. The van der Waals surface area contributed by atoms with Crippen LogP contribution in [0.2, 0.25) is 0 Å². The number of pyridine rings is 1. The monoisotopic (exact) mass is 229 g/mol. The summed E-state index contributed by atoms with van der Waals surface area (Å²) in [4.78, 5) is 21.7. The van der Waals surface area contributed by atoms with Gasteiger partial charge >= 0.3 is 0 Å². The fraction of sp³-hybridized carbons (Fsp3) is 0.0769. The van der Waals surface area contributed by atoms with Crippen LogP contribution in [-0.4, -0.2) is 16.0 Å². The number of hydrogen-bond acceptors (Lipinski definition) is 3. The molecule has 1 N–H and O–H groups in total. The van der Waals surface area contributed by atoms with Crippen molar-refractivity contribution in [2.24, 2.45) is 0 Å². The van der Waals surface area contributed by atoms with E-state index >= 15 is 0 Å². The van der Waals surface area contributed by atoms with Crippen LogP contribution >= 0.6 is 0 Å². The second-order valence-corrected chi connectivity index (χ2v) is 3.69. The lowest BCUT2D eigenvalue weighted by Crippen LogP contribution is -2.08. The SMILES string of the molecule is Cc1c(O)c(=O)ccn1-c1ccc(C=O)cc1. The molecule has 17 heavy (non-hydrogen) atoms. The summed E-state index contributed by atoms with van der Waals surface area (Å²) in [6.07, 6.45) is 2.35. The summed E-state index contributed by atoms with van der Waals surface area (Å²) in [6, 6.07) is 8.16. The van der Waals surface area contributed by atoms with Crippen molar-refractivity contribution in [1.82, 2.24) is 4.57 Å². The third kappa shape index (κ3) is 1.97. The van der Waals surface area contributed by atoms with Gasteiger partial charge < -0.3 is 9.67 Å². The number of carbonyl (C=O) groups is 1. The first kappa shape index (κ1) is 11.1. The van der Waals surface area contributed by atoms with Crippen molar-refractivity contribution in [3.63, 3.8) is 0 Å². The van der Waals surface area contributed by atoms with E-state index in [4.69, 9.17) is 0 Å². The Bertz CT molecular complexity index is 612. The minimum absolute atomic E-state index is 0.257. The molecule has 2 rings (SSSR count). The van der Waals surface area contributed by atoms with Gasteiger partial charge in [0.15, 0.2) is 5.75 Å². The molecule has 0 amide bonds. The smallest absolute Gasteiger partial charge is 0.223 e. The predicted octanol–water partition coefficient (Wildman–Crippen LogP) is 1.66. The number of carbonyl (C=O) groups excluding carboxylic acids is 1. The number of nitrogens with zero attached hydrogens (tertiary/aromatic N) is 1. The fourth-order valence-corrected chi connectivity index (χ4v) is 1.62.